The lowest BCUT2D eigenvalue weighted by Crippen LogP contribution is -2.05. The lowest BCUT2D eigenvalue weighted by atomic mass is 10.3. The van der Waals surface area contributed by atoms with Gasteiger partial charge in [-0.3, -0.25) is 0 Å². The second-order valence-electron chi connectivity index (χ2n) is 1.79. The molecule has 0 aromatic heterocycles. The van der Waals surface area contributed by atoms with Gasteiger partial charge in [0.1, 0.15) is 0 Å². The van der Waals surface area contributed by atoms with Crippen molar-refractivity contribution >= 4 is 0 Å². The highest BCUT2D eigenvalue weighted by atomic mass is 19.2. The van der Waals surface area contributed by atoms with Gasteiger partial charge in [0.2, 0.25) is 5.82 Å². The zero-order valence-corrected chi connectivity index (χ0v) is 5.27. The molecule has 0 unspecified atom stereocenters. The molecule has 60 valence electrons. The highest BCUT2D eigenvalue weighted by molar-refractivity contribution is 5.25. The van der Waals surface area contributed by atoms with Gasteiger partial charge in [-0.05, 0) is 12.1 Å². The minimum Gasteiger partial charge on any atom is -0.408 e. The molecule has 1 aromatic carbocycles. The first-order valence-corrected chi connectivity index (χ1v) is 2.67. The second kappa shape index (κ2) is 2.79. The topological polar surface area (TPSA) is 35.2 Å². The lowest BCUT2D eigenvalue weighted by Gasteiger charge is -2.00. The number of benzene rings is 1. The molecule has 5 heteroatoms. The largest absolute Gasteiger partial charge is 0.408 e. The Hall–Kier alpha value is -1.23. The fourth-order valence-electron chi connectivity index (χ4n) is 0.599. The van der Waals surface area contributed by atoms with Crippen LogP contribution in [-0.2, 0) is 0 Å². The Morgan fingerprint density at radius 2 is 1.73 bits per heavy atom. The van der Waals surface area contributed by atoms with Crippen LogP contribution in [0.1, 0.15) is 0 Å². The van der Waals surface area contributed by atoms with Gasteiger partial charge in [-0.2, -0.15) is 10.3 Å². The summed E-state index contributed by atoms with van der Waals surface area (Å²) in [7, 11) is 0. The van der Waals surface area contributed by atoms with Crippen molar-refractivity contribution in [3.63, 3.8) is 0 Å². The molecular weight excluding hydrogens is 159 g/mol. The van der Waals surface area contributed by atoms with Crippen LogP contribution >= 0.6 is 0 Å². The molecule has 0 spiro atoms. The van der Waals surface area contributed by atoms with E-state index in [-0.39, 0.29) is 0 Å². The number of hydrogen-bond donors (Lipinski definition) is 1. The van der Waals surface area contributed by atoms with E-state index in [0.29, 0.717) is 0 Å². The molecule has 0 bridgehead atoms. The van der Waals surface area contributed by atoms with Crippen molar-refractivity contribution in [3.05, 3.63) is 29.6 Å². The quantitative estimate of drug-likeness (QED) is 0.501. The molecule has 0 fully saturated rings. The first kappa shape index (κ1) is 7.87. The van der Waals surface area contributed by atoms with Crippen molar-refractivity contribution in [3.8, 4) is 5.75 Å². The van der Waals surface area contributed by atoms with E-state index in [4.69, 9.17) is 0 Å². The third-order valence-corrected chi connectivity index (χ3v) is 1.13. The smallest absolute Gasteiger partial charge is 0.206 e. The molecule has 1 rings (SSSR count). The molecule has 1 aromatic rings. The lowest BCUT2D eigenvalue weighted by molar-refractivity contribution is 0.304. The Bertz CT molecular complexity index is 277. The SMILES string of the molecule is NOc1ccc(F)c(F)c1F. The average Bonchev–Trinajstić information content (AvgIpc) is 2.01. The van der Waals surface area contributed by atoms with Crippen molar-refractivity contribution in [2.75, 3.05) is 0 Å². The summed E-state index contributed by atoms with van der Waals surface area (Å²) in [6.45, 7) is 0. The monoisotopic (exact) mass is 163 g/mol. The third kappa shape index (κ3) is 1.27. The standard InChI is InChI=1S/C6H4F3NO/c7-3-1-2-4(11-10)6(9)5(3)8/h1-2H,10H2. The highest BCUT2D eigenvalue weighted by Gasteiger charge is 2.13. The van der Waals surface area contributed by atoms with Crippen LogP contribution in [0.5, 0.6) is 5.75 Å². The maximum absolute atomic E-state index is 12.4. The van der Waals surface area contributed by atoms with Crippen LogP contribution < -0.4 is 10.7 Å². The fraction of sp³-hybridized carbons (Fsp3) is 0. The molecule has 0 atom stereocenters. The van der Waals surface area contributed by atoms with E-state index in [2.05, 4.69) is 10.7 Å². The Labute approximate surface area is 60.3 Å². The summed E-state index contributed by atoms with van der Waals surface area (Å²) in [5.74, 6) is -0.272. The van der Waals surface area contributed by atoms with Crippen LogP contribution in [0.2, 0.25) is 0 Å². The molecule has 2 nitrogen and oxygen atoms in total. The number of nitrogens with two attached hydrogens (primary N) is 1. The van der Waals surface area contributed by atoms with Crippen molar-refractivity contribution in [2.24, 2.45) is 5.90 Å². The fourth-order valence-corrected chi connectivity index (χ4v) is 0.599. The molecule has 0 aliphatic carbocycles. The van der Waals surface area contributed by atoms with E-state index in [9.17, 15) is 13.2 Å². The molecule has 0 saturated carbocycles. The summed E-state index contributed by atoms with van der Waals surface area (Å²) in [4.78, 5) is 3.90. The van der Waals surface area contributed by atoms with Gasteiger partial charge in [0.15, 0.2) is 17.4 Å². The minimum absolute atomic E-state index is 0.524. The normalized spacial score (nSPS) is 9.82. The Balaban J connectivity index is 3.25. The molecule has 0 amide bonds. The van der Waals surface area contributed by atoms with Crippen LogP contribution in [-0.4, -0.2) is 0 Å². The van der Waals surface area contributed by atoms with Gasteiger partial charge < -0.3 is 4.84 Å². The average molecular weight is 163 g/mol. The summed E-state index contributed by atoms with van der Waals surface area (Å²) in [6.07, 6.45) is 0. The molecule has 0 heterocycles. The first-order valence-electron chi connectivity index (χ1n) is 2.67. The zero-order chi connectivity index (χ0) is 8.43. The molecule has 11 heavy (non-hydrogen) atoms. The predicted octanol–water partition coefficient (Wildman–Crippen LogP) is 1.36. The Morgan fingerprint density at radius 3 is 2.27 bits per heavy atom. The summed E-state index contributed by atoms with van der Waals surface area (Å²) in [6, 6.07) is 1.62. The van der Waals surface area contributed by atoms with Crippen LogP contribution in [0.15, 0.2) is 12.1 Å². The number of hydrogen-bond acceptors (Lipinski definition) is 2. The van der Waals surface area contributed by atoms with Crippen LogP contribution in [0.4, 0.5) is 13.2 Å². The van der Waals surface area contributed by atoms with Crippen molar-refractivity contribution in [2.45, 2.75) is 0 Å². The van der Waals surface area contributed by atoms with Crippen molar-refractivity contribution < 1.29 is 18.0 Å². The van der Waals surface area contributed by atoms with Crippen LogP contribution in [0.25, 0.3) is 0 Å². The zero-order valence-electron chi connectivity index (χ0n) is 5.27. The van der Waals surface area contributed by atoms with E-state index >= 15 is 0 Å². The van der Waals surface area contributed by atoms with Gasteiger partial charge in [-0.25, -0.2) is 8.78 Å². The first-order chi connectivity index (χ1) is 5.16. The highest BCUT2D eigenvalue weighted by Crippen LogP contribution is 2.20. The van der Waals surface area contributed by atoms with Gasteiger partial charge in [0.25, 0.3) is 0 Å². The second-order valence-corrected chi connectivity index (χ2v) is 1.79. The molecule has 2 N–H and O–H groups in total. The third-order valence-electron chi connectivity index (χ3n) is 1.13. The summed E-state index contributed by atoms with van der Waals surface area (Å²) in [5, 5.41) is 0. The van der Waals surface area contributed by atoms with E-state index < -0.39 is 23.2 Å². The van der Waals surface area contributed by atoms with Crippen LogP contribution in [0.3, 0.4) is 0 Å². The van der Waals surface area contributed by atoms with E-state index in [1.807, 2.05) is 0 Å². The molecule has 0 aliphatic heterocycles. The summed E-state index contributed by atoms with van der Waals surface area (Å²) in [5.41, 5.74) is 0. The maximum Gasteiger partial charge on any atom is 0.206 e. The van der Waals surface area contributed by atoms with Gasteiger partial charge in [0.05, 0.1) is 0 Å². The van der Waals surface area contributed by atoms with E-state index in [1.54, 1.807) is 0 Å². The van der Waals surface area contributed by atoms with Gasteiger partial charge in [-0.1, -0.05) is 0 Å². The Morgan fingerprint density at radius 1 is 1.09 bits per heavy atom. The van der Waals surface area contributed by atoms with E-state index in [0.717, 1.165) is 12.1 Å². The molecule has 0 aliphatic rings. The van der Waals surface area contributed by atoms with Gasteiger partial charge in [0, 0.05) is 0 Å². The van der Waals surface area contributed by atoms with Crippen LogP contribution in [0, 0.1) is 17.5 Å². The molecule has 0 radical (unpaired) electrons. The minimum atomic E-state index is -1.59. The predicted molar refractivity (Wildman–Crippen MR) is 31.1 cm³/mol. The maximum atomic E-state index is 12.4. The number of halogens is 3. The summed E-state index contributed by atoms with van der Waals surface area (Å²) >= 11 is 0. The van der Waals surface area contributed by atoms with E-state index in [1.165, 1.54) is 0 Å². The molecule has 0 saturated heterocycles. The van der Waals surface area contributed by atoms with Gasteiger partial charge >= 0.3 is 0 Å². The van der Waals surface area contributed by atoms with Crippen molar-refractivity contribution in [1.82, 2.24) is 0 Å². The van der Waals surface area contributed by atoms with Crippen molar-refractivity contribution in [1.29, 1.82) is 0 Å². The Kier molecular flexibility index (Phi) is 2.00. The number of rotatable bonds is 1. The molecular formula is C6H4F3NO. The summed E-state index contributed by atoms with van der Waals surface area (Å²) < 4.78 is 36.9. The van der Waals surface area contributed by atoms with Gasteiger partial charge in [-0.15, -0.1) is 0 Å².